The second-order valence-corrected chi connectivity index (χ2v) is 3.87. The summed E-state index contributed by atoms with van der Waals surface area (Å²) < 4.78 is 3.93. The minimum atomic E-state index is -2.10. The number of carbonyl (C=O) groups excluding carboxylic acids is 1. The van der Waals surface area contributed by atoms with Crippen LogP contribution >= 0.6 is 8.60 Å². The Morgan fingerprint density at radius 2 is 1.93 bits per heavy atom. The van der Waals surface area contributed by atoms with Crippen molar-refractivity contribution in [2.24, 2.45) is 0 Å². The van der Waals surface area contributed by atoms with Gasteiger partial charge in [-0.25, -0.2) is 0 Å². The molecule has 0 aliphatic heterocycles. The molecule has 0 radical (unpaired) electrons. The topological polar surface area (TPSA) is 78.8 Å². The SMILES string of the molecule is CCNC(CC)CC(C)=O.COP(O)O. The largest absolute Gasteiger partial charge is 0.328 e. The third-order valence-corrected chi connectivity index (χ3v) is 2.01. The van der Waals surface area contributed by atoms with Gasteiger partial charge in [-0.3, -0.25) is 4.79 Å². The fourth-order valence-corrected chi connectivity index (χ4v) is 0.997. The summed E-state index contributed by atoms with van der Waals surface area (Å²) in [5.41, 5.74) is 0. The summed E-state index contributed by atoms with van der Waals surface area (Å²) in [6.07, 6.45) is 1.71. The molecule has 0 saturated heterocycles. The van der Waals surface area contributed by atoms with E-state index in [0.717, 1.165) is 13.0 Å². The van der Waals surface area contributed by atoms with Crippen LogP contribution in [0.25, 0.3) is 0 Å². The maximum atomic E-state index is 10.6. The van der Waals surface area contributed by atoms with Crippen LogP contribution in [0.3, 0.4) is 0 Å². The maximum absolute atomic E-state index is 10.6. The van der Waals surface area contributed by atoms with E-state index in [1.807, 2.05) is 0 Å². The number of nitrogens with one attached hydrogen (secondary N) is 1. The zero-order valence-corrected chi connectivity index (χ0v) is 10.8. The number of hydrogen-bond donors (Lipinski definition) is 3. The van der Waals surface area contributed by atoms with Crippen molar-refractivity contribution in [2.75, 3.05) is 13.7 Å². The van der Waals surface area contributed by atoms with Crippen LogP contribution in [0.2, 0.25) is 0 Å². The molecule has 0 aromatic carbocycles. The average molecular weight is 239 g/mol. The van der Waals surface area contributed by atoms with Crippen LogP contribution in [-0.4, -0.2) is 35.3 Å². The molecule has 6 heteroatoms. The van der Waals surface area contributed by atoms with Gasteiger partial charge in [-0.2, -0.15) is 0 Å². The molecule has 1 unspecified atom stereocenters. The van der Waals surface area contributed by atoms with Gasteiger partial charge >= 0.3 is 8.60 Å². The van der Waals surface area contributed by atoms with E-state index in [1.165, 1.54) is 7.11 Å². The van der Waals surface area contributed by atoms with E-state index in [2.05, 4.69) is 23.7 Å². The molecule has 0 fully saturated rings. The number of Topliss-reactive ketones (excluding diaryl/α,β-unsaturated/α-hetero) is 1. The molecule has 0 spiro atoms. The van der Waals surface area contributed by atoms with E-state index in [1.54, 1.807) is 6.92 Å². The summed E-state index contributed by atoms with van der Waals surface area (Å²) in [7, 11) is -0.870. The van der Waals surface area contributed by atoms with E-state index < -0.39 is 8.60 Å². The van der Waals surface area contributed by atoms with Crippen LogP contribution in [0, 0.1) is 0 Å². The van der Waals surface area contributed by atoms with Crippen LogP contribution in [0.4, 0.5) is 0 Å². The second-order valence-electron chi connectivity index (χ2n) is 3.00. The third-order valence-electron chi connectivity index (χ3n) is 1.68. The van der Waals surface area contributed by atoms with Crippen molar-refractivity contribution in [3.8, 4) is 0 Å². The highest BCUT2D eigenvalue weighted by molar-refractivity contribution is 7.39. The molecule has 15 heavy (non-hydrogen) atoms. The van der Waals surface area contributed by atoms with Gasteiger partial charge in [0.2, 0.25) is 0 Å². The molecule has 0 heterocycles. The van der Waals surface area contributed by atoms with Crippen LogP contribution in [0.15, 0.2) is 0 Å². The van der Waals surface area contributed by atoms with Gasteiger partial charge in [-0.1, -0.05) is 13.8 Å². The first-order chi connectivity index (χ1) is 6.97. The maximum Gasteiger partial charge on any atom is 0.326 e. The van der Waals surface area contributed by atoms with Gasteiger partial charge in [0.05, 0.1) is 0 Å². The summed E-state index contributed by atoms with van der Waals surface area (Å²) in [5.74, 6) is 0.271. The van der Waals surface area contributed by atoms with Gasteiger partial charge in [0.1, 0.15) is 5.78 Å². The Kier molecular flexibility index (Phi) is 13.9. The molecular weight excluding hydrogens is 217 g/mol. The quantitative estimate of drug-likeness (QED) is 0.607. The molecule has 0 bridgehead atoms. The smallest absolute Gasteiger partial charge is 0.326 e. The number of rotatable bonds is 6. The highest BCUT2D eigenvalue weighted by atomic mass is 31.2. The highest BCUT2D eigenvalue weighted by Crippen LogP contribution is 2.20. The van der Waals surface area contributed by atoms with Gasteiger partial charge in [0.15, 0.2) is 0 Å². The van der Waals surface area contributed by atoms with E-state index in [-0.39, 0.29) is 5.78 Å². The van der Waals surface area contributed by atoms with Crippen molar-refractivity contribution < 1.29 is 19.1 Å². The highest BCUT2D eigenvalue weighted by Gasteiger charge is 2.05. The Bertz CT molecular complexity index is 155. The number of hydrogen-bond acceptors (Lipinski definition) is 5. The Hall–Kier alpha value is -0.0600. The number of ketones is 1. The third kappa shape index (κ3) is 16.6. The molecular formula is C9H22NO4P. The summed E-state index contributed by atoms with van der Waals surface area (Å²) in [4.78, 5) is 26.2. The predicted octanol–water partition coefficient (Wildman–Crippen LogP) is 1.20. The van der Waals surface area contributed by atoms with Crippen molar-refractivity contribution >= 4 is 14.4 Å². The van der Waals surface area contributed by atoms with Crippen molar-refractivity contribution in [3.63, 3.8) is 0 Å². The molecule has 0 amide bonds. The normalized spacial score (nSPS) is 11.9. The van der Waals surface area contributed by atoms with Crippen molar-refractivity contribution in [1.82, 2.24) is 5.32 Å². The average Bonchev–Trinajstić information content (AvgIpc) is 2.17. The fourth-order valence-electron chi connectivity index (χ4n) is 0.997. The molecule has 0 rings (SSSR count). The lowest BCUT2D eigenvalue weighted by Gasteiger charge is -2.12. The Balaban J connectivity index is 0. The summed E-state index contributed by atoms with van der Waals surface area (Å²) in [6, 6.07) is 0.391. The van der Waals surface area contributed by atoms with Crippen LogP contribution in [0.5, 0.6) is 0 Å². The van der Waals surface area contributed by atoms with E-state index >= 15 is 0 Å². The lowest BCUT2D eigenvalue weighted by Crippen LogP contribution is -2.29. The number of carbonyl (C=O) groups is 1. The van der Waals surface area contributed by atoms with Gasteiger partial charge < -0.3 is 19.6 Å². The van der Waals surface area contributed by atoms with Gasteiger partial charge in [0.25, 0.3) is 0 Å². The van der Waals surface area contributed by atoms with Crippen molar-refractivity contribution in [3.05, 3.63) is 0 Å². The second kappa shape index (κ2) is 12.0. The van der Waals surface area contributed by atoms with Gasteiger partial charge in [-0.05, 0) is 19.9 Å². The minimum absolute atomic E-state index is 0.271. The van der Waals surface area contributed by atoms with E-state index in [0.29, 0.717) is 12.5 Å². The molecule has 0 aliphatic rings. The summed E-state index contributed by atoms with van der Waals surface area (Å²) in [6.45, 7) is 6.74. The molecule has 92 valence electrons. The zero-order chi connectivity index (χ0) is 12.3. The molecule has 5 nitrogen and oxygen atoms in total. The Morgan fingerprint density at radius 1 is 1.47 bits per heavy atom. The first kappa shape index (κ1) is 17.3. The van der Waals surface area contributed by atoms with Crippen molar-refractivity contribution in [1.29, 1.82) is 0 Å². The molecule has 3 N–H and O–H groups in total. The van der Waals surface area contributed by atoms with Crippen LogP contribution in [-0.2, 0) is 9.32 Å². The molecule has 0 aromatic rings. The fraction of sp³-hybridized carbons (Fsp3) is 0.889. The standard InChI is InChI=1S/C8H17NO.CH5O3P/c1-4-8(9-5-2)6-7(3)10;1-4-5(2)3/h8-9H,4-6H2,1-3H3;2-3H,1H3. The van der Waals surface area contributed by atoms with Crippen LogP contribution in [0.1, 0.15) is 33.6 Å². The van der Waals surface area contributed by atoms with Crippen LogP contribution < -0.4 is 5.32 Å². The summed E-state index contributed by atoms with van der Waals surface area (Å²) >= 11 is 0. The molecule has 0 aliphatic carbocycles. The Morgan fingerprint density at radius 3 is 2.13 bits per heavy atom. The predicted molar refractivity (Wildman–Crippen MR) is 61.4 cm³/mol. The van der Waals surface area contributed by atoms with Crippen molar-refractivity contribution in [2.45, 2.75) is 39.7 Å². The summed E-state index contributed by atoms with van der Waals surface area (Å²) in [5, 5.41) is 3.24. The minimum Gasteiger partial charge on any atom is -0.328 e. The first-order valence-electron chi connectivity index (χ1n) is 4.92. The Labute approximate surface area is 92.8 Å². The molecule has 0 aromatic heterocycles. The van der Waals surface area contributed by atoms with Gasteiger partial charge in [-0.15, -0.1) is 0 Å². The molecule has 0 saturated carbocycles. The first-order valence-corrected chi connectivity index (χ1v) is 6.09. The molecule has 1 atom stereocenters. The zero-order valence-electron chi connectivity index (χ0n) is 9.86. The lowest BCUT2D eigenvalue weighted by molar-refractivity contribution is -0.117. The monoisotopic (exact) mass is 239 g/mol. The lowest BCUT2D eigenvalue weighted by atomic mass is 10.1. The van der Waals surface area contributed by atoms with Gasteiger partial charge in [0, 0.05) is 19.6 Å². The van der Waals surface area contributed by atoms with E-state index in [9.17, 15) is 4.79 Å². The van der Waals surface area contributed by atoms with E-state index in [4.69, 9.17) is 9.79 Å².